The first-order chi connectivity index (χ1) is 14.9. The lowest BCUT2D eigenvalue weighted by atomic mass is 10.1. The Balaban J connectivity index is 1.57. The van der Waals surface area contributed by atoms with Gasteiger partial charge < -0.3 is 9.88 Å². The Morgan fingerprint density at radius 2 is 1.71 bits per heavy atom. The molecule has 1 saturated heterocycles. The summed E-state index contributed by atoms with van der Waals surface area (Å²) in [5, 5.41) is 2.92. The van der Waals surface area contributed by atoms with Crippen LogP contribution in [0.2, 0.25) is 0 Å². The van der Waals surface area contributed by atoms with Crippen LogP contribution >= 0.6 is 0 Å². The van der Waals surface area contributed by atoms with Gasteiger partial charge in [-0.2, -0.15) is 4.31 Å². The van der Waals surface area contributed by atoms with E-state index in [1.54, 1.807) is 29.1 Å². The maximum absolute atomic E-state index is 13.4. The normalized spacial score (nSPS) is 15.7. The summed E-state index contributed by atoms with van der Waals surface area (Å²) in [5.41, 5.74) is 0.999. The van der Waals surface area contributed by atoms with E-state index in [1.807, 2.05) is 7.05 Å². The minimum Gasteiger partial charge on any atom is -0.338 e. The molecule has 1 aliphatic heterocycles. The number of nitrogens with zero attached hydrogens (tertiary/aromatic N) is 3. The lowest BCUT2D eigenvalue weighted by Gasteiger charge is -2.19. The Morgan fingerprint density at radius 1 is 1.06 bits per heavy atom. The van der Waals surface area contributed by atoms with E-state index in [0.29, 0.717) is 30.0 Å². The summed E-state index contributed by atoms with van der Waals surface area (Å²) in [5.74, 6) is -0.167. The number of rotatable bonds is 6. The fourth-order valence-electron chi connectivity index (χ4n) is 3.68. The summed E-state index contributed by atoms with van der Waals surface area (Å²) in [6.45, 7) is 1.04. The Labute approximate surface area is 180 Å². The van der Waals surface area contributed by atoms with E-state index in [2.05, 4.69) is 10.3 Å². The van der Waals surface area contributed by atoms with E-state index in [9.17, 15) is 17.6 Å². The zero-order valence-corrected chi connectivity index (χ0v) is 17.8. The highest BCUT2D eigenvalue weighted by atomic mass is 32.2. The quantitative estimate of drug-likeness (QED) is 0.636. The lowest BCUT2D eigenvalue weighted by molar-refractivity contribution is 0.0941. The number of benzene rings is 2. The molecular formula is C22H23FN4O3S. The second-order valence-electron chi connectivity index (χ2n) is 7.49. The van der Waals surface area contributed by atoms with E-state index in [-0.39, 0.29) is 16.6 Å². The number of aromatic nitrogens is 2. The van der Waals surface area contributed by atoms with Crippen LogP contribution in [0.15, 0.2) is 65.8 Å². The summed E-state index contributed by atoms with van der Waals surface area (Å²) in [6, 6.07) is 11.2. The molecule has 0 spiro atoms. The SMILES string of the molecule is Cn1ccnc1[C@@H](NC(=O)c1ccc(S(=O)(=O)N2CCCC2)cc1)c1ccc(F)cc1. The molecule has 7 nitrogen and oxygen atoms in total. The molecule has 4 rings (SSSR count). The molecule has 31 heavy (non-hydrogen) atoms. The number of hydrogen-bond acceptors (Lipinski definition) is 4. The van der Waals surface area contributed by atoms with Crippen molar-refractivity contribution in [3.8, 4) is 0 Å². The largest absolute Gasteiger partial charge is 0.338 e. The van der Waals surface area contributed by atoms with E-state index in [1.165, 1.54) is 40.7 Å². The smallest absolute Gasteiger partial charge is 0.252 e. The molecule has 1 aliphatic rings. The second kappa shape index (κ2) is 8.60. The van der Waals surface area contributed by atoms with Gasteiger partial charge in [0, 0.05) is 38.1 Å². The average molecular weight is 443 g/mol. The lowest BCUT2D eigenvalue weighted by Crippen LogP contribution is -2.31. The van der Waals surface area contributed by atoms with Crippen LogP contribution in [0.5, 0.6) is 0 Å². The highest BCUT2D eigenvalue weighted by molar-refractivity contribution is 7.89. The Kier molecular flexibility index (Phi) is 5.88. The molecule has 0 aliphatic carbocycles. The van der Waals surface area contributed by atoms with E-state index in [0.717, 1.165) is 12.8 Å². The summed E-state index contributed by atoms with van der Waals surface area (Å²) < 4.78 is 42.0. The van der Waals surface area contributed by atoms with Gasteiger partial charge in [-0.1, -0.05) is 12.1 Å². The van der Waals surface area contributed by atoms with Crippen LogP contribution in [0.4, 0.5) is 4.39 Å². The molecule has 3 aromatic rings. The first kappa shape index (κ1) is 21.2. The molecule has 0 radical (unpaired) electrons. The third-order valence-electron chi connectivity index (χ3n) is 5.41. The van der Waals surface area contributed by atoms with Gasteiger partial charge in [0.05, 0.1) is 4.90 Å². The molecule has 0 saturated carbocycles. The summed E-state index contributed by atoms with van der Waals surface area (Å²) in [6.07, 6.45) is 5.10. The number of aryl methyl sites for hydroxylation is 1. The number of sulfonamides is 1. The van der Waals surface area contributed by atoms with Crippen LogP contribution in [0, 0.1) is 5.82 Å². The third kappa shape index (κ3) is 4.38. The van der Waals surface area contributed by atoms with E-state index in [4.69, 9.17) is 0 Å². The summed E-state index contributed by atoms with van der Waals surface area (Å²) >= 11 is 0. The van der Waals surface area contributed by atoms with Gasteiger partial charge in [0.15, 0.2) is 0 Å². The van der Waals surface area contributed by atoms with Crippen molar-refractivity contribution in [2.45, 2.75) is 23.8 Å². The predicted molar refractivity (Wildman–Crippen MR) is 113 cm³/mol. The highest BCUT2D eigenvalue weighted by Crippen LogP contribution is 2.23. The number of halogens is 1. The van der Waals surface area contributed by atoms with Gasteiger partial charge in [-0.25, -0.2) is 17.8 Å². The molecule has 0 unspecified atom stereocenters. The van der Waals surface area contributed by atoms with Crippen molar-refractivity contribution < 1.29 is 17.6 Å². The van der Waals surface area contributed by atoms with Gasteiger partial charge in [0.25, 0.3) is 5.91 Å². The molecule has 2 aromatic carbocycles. The highest BCUT2D eigenvalue weighted by Gasteiger charge is 2.27. The number of hydrogen-bond donors (Lipinski definition) is 1. The minimum atomic E-state index is -3.54. The molecule has 1 aromatic heterocycles. The third-order valence-corrected chi connectivity index (χ3v) is 7.33. The first-order valence-corrected chi connectivity index (χ1v) is 11.4. The number of amides is 1. The van der Waals surface area contributed by atoms with E-state index >= 15 is 0 Å². The maximum atomic E-state index is 13.4. The molecule has 1 atom stereocenters. The number of nitrogens with one attached hydrogen (secondary N) is 1. The zero-order chi connectivity index (χ0) is 22.0. The van der Waals surface area contributed by atoms with Crippen molar-refractivity contribution in [3.63, 3.8) is 0 Å². The zero-order valence-electron chi connectivity index (χ0n) is 17.0. The Bertz CT molecular complexity index is 1170. The predicted octanol–water partition coefficient (Wildman–Crippen LogP) is 2.86. The Morgan fingerprint density at radius 3 is 2.29 bits per heavy atom. The van der Waals surface area contributed by atoms with Crippen LogP contribution in [0.1, 0.15) is 40.6 Å². The summed E-state index contributed by atoms with van der Waals surface area (Å²) in [7, 11) is -1.73. The maximum Gasteiger partial charge on any atom is 0.252 e. The molecular weight excluding hydrogens is 419 g/mol. The van der Waals surface area contributed by atoms with Crippen LogP contribution in [-0.4, -0.2) is 41.3 Å². The number of carbonyl (C=O) groups excluding carboxylic acids is 1. The molecule has 1 N–H and O–H groups in total. The molecule has 2 heterocycles. The average Bonchev–Trinajstić information content (AvgIpc) is 3.45. The van der Waals surface area contributed by atoms with Gasteiger partial charge in [0.1, 0.15) is 17.7 Å². The molecule has 9 heteroatoms. The van der Waals surface area contributed by atoms with E-state index < -0.39 is 16.1 Å². The molecule has 1 fully saturated rings. The van der Waals surface area contributed by atoms with Crippen LogP contribution in [0.3, 0.4) is 0 Å². The van der Waals surface area contributed by atoms with Crippen LogP contribution < -0.4 is 5.32 Å². The van der Waals surface area contributed by atoms with Crippen LogP contribution in [0.25, 0.3) is 0 Å². The van der Waals surface area contributed by atoms with Crippen molar-refractivity contribution in [1.82, 2.24) is 19.2 Å². The van der Waals surface area contributed by atoms with Crippen molar-refractivity contribution in [1.29, 1.82) is 0 Å². The second-order valence-corrected chi connectivity index (χ2v) is 9.43. The Hall–Kier alpha value is -3.04. The van der Waals surface area contributed by atoms with Crippen molar-refractivity contribution >= 4 is 15.9 Å². The molecule has 0 bridgehead atoms. The standard InChI is InChI=1S/C22H23FN4O3S/c1-26-15-12-24-21(26)20(16-4-8-18(23)9-5-16)25-22(28)17-6-10-19(11-7-17)31(29,30)27-13-2-3-14-27/h4-12,15,20H,2-3,13-14H2,1H3,(H,25,28)/t20-/m0/s1. The van der Waals surface area contributed by atoms with Gasteiger partial charge in [0.2, 0.25) is 10.0 Å². The fraction of sp³-hybridized carbons (Fsp3) is 0.273. The molecule has 1 amide bonds. The number of imidazole rings is 1. The van der Waals surface area contributed by atoms with Gasteiger partial charge in [-0.05, 0) is 54.8 Å². The number of carbonyl (C=O) groups is 1. The fourth-order valence-corrected chi connectivity index (χ4v) is 5.19. The van der Waals surface area contributed by atoms with Crippen molar-refractivity contribution in [2.75, 3.05) is 13.1 Å². The summed E-state index contributed by atoms with van der Waals surface area (Å²) in [4.78, 5) is 17.4. The van der Waals surface area contributed by atoms with Gasteiger partial charge in [-0.3, -0.25) is 4.79 Å². The minimum absolute atomic E-state index is 0.171. The van der Waals surface area contributed by atoms with Crippen molar-refractivity contribution in [2.24, 2.45) is 7.05 Å². The van der Waals surface area contributed by atoms with Gasteiger partial charge in [-0.15, -0.1) is 0 Å². The monoisotopic (exact) mass is 442 g/mol. The topological polar surface area (TPSA) is 84.3 Å². The first-order valence-electron chi connectivity index (χ1n) is 10.00. The van der Waals surface area contributed by atoms with Gasteiger partial charge >= 0.3 is 0 Å². The molecule has 162 valence electrons. The van der Waals surface area contributed by atoms with Crippen LogP contribution in [-0.2, 0) is 17.1 Å². The van der Waals surface area contributed by atoms with Crippen molar-refractivity contribution in [3.05, 3.63) is 83.7 Å².